The molecule has 1 atom stereocenters. The van der Waals surface area contributed by atoms with Gasteiger partial charge in [-0.2, -0.15) is 5.10 Å². The van der Waals surface area contributed by atoms with Crippen molar-refractivity contribution in [2.75, 3.05) is 7.11 Å². The second-order valence-corrected chi connectivity index (χ2v) is 2.28. The van der Waals surface area contributed by atoms with Gasteiger partial charge in [-0.15, -0.1) is 0 Å². The number of hydrogen-bond donors (Lipinski definition) is 2. The fourth-order valence-corrected chi connectivity index (χ4v) is 0.751. The first-order valence-electron chi connectivity index (χ1n) is 3.36. The van der Waals surface area contributed by atoms with E-state index < -0.39 is 0 Å². The average molecular weight is 153 g/mol. The third-order valence-electron chi connectivity index (χ3n) is 1.57. The Kier molecular flexibility index (Phi) is 2.38. The summed E-state index contributed by atoms with van der Waals surface area (Å²) in [4.78, 5) is 0. The van der Waals surface area contributed by atoms with E-state index in [9.17, 15) is 0 Å². The smallest absolute Gasteiger partial charge is 0.0962 e. The predicted molar refractivity (Wildman–Crippen MR) is 41.9 cm³/mol. The van der Waals surface area contributed by atoms with Gasteiger partial charge < -0.3 is 10.1 Å². The van der Waals surface area contributed by atoms with Crippen molar-refractivity contribution >= 4 is 5.71 Å². The maximum atomic E-state index is 7.57. The summed E-state index contributed by atoms with van der Waals surface area (Å²) in [5, 5.41) is 13.9. The molecule has 0 aromatic carbocycles. The van der Waals surface area contributed by atoms with Crippen molar-refractivity contribution in [1.82, 2.24) is 10.2 Å². The minimum Gasteiger partial charge on any atom is -0.375 e. The van der Waals surface area contributed by atoms with Gasteiger partial charge in [-0.3, -0.25) is 5.10 Å². The van der Waals surface area contributed by atoms with Gasteiger partial charge in [0.2, 0.25) is 0 Å². The molecule has 1 unspecified atom stereocenters. The van der Waals surface area contributed by atoms with Crippen molar-refractivity contribution in [2.24, 2.45) is 0 Å². The maximum Gasteiger partial charge on any atom is 0.0962 e. The van der Waals surface area contributed by atoms with Crippen LogP contribution in [0.4, 0.5) is 0 Å². The Hall–Kier alpha value is -1.16. The van der Waals surface area contributed by atoms with E-state index in [1.807, 2.05) is 6.92 Å². The Labute approximate surface area is 65.1 Å². The zero-order chi connectivity index (χ0) is 8.27. The zero-order valence-electron chi connectivity index (χ0n) is 6.59. The molecule has 1 aromatic rings. The van der Waals surface area contributed by atoms with Crippen molar-refractivity contribution < 1.29 is 4.74 Å². The molecule has 0 fully saturated rings. The molecule has 0 aliphatic heterocycles. The van der Waals surface area contributed by atoms with Crippen molar-refractivity contribution in [3.05, 3.63) is 18.0 Å². The molecule has 1 heterocycles. The molecule has 0 bridgehead atoms. The van der Waals surface area contributed by atoms with Crippen LogP contribution < -0.4 is 0 Å². The van der Waals surface area contributed by atoms with E-state index >= 15 is 0 Å². The van der Waals surface area contributed by atoms with Gasteiger partial charge in [-0.1, -0.05) is 0 Å². The number of ether oxygens (including phenoxy) is 1. The van der Waals surface area contributed by atoms with Gasteiger partial charge in [0.15, 0.2) is 0 Å². The molecule has 60 valence electrons. The number of nitrogens with one attached hydrogen (secondary N) is 2. The van der Waals surface area contributed by atoms with E-state index in [4.69, 9.17) is 10.1 Å². The SMILES string of the molecule is COC(C)C(=N)c1cn[nH]c1. The Morgan fingerprint density at radius 3 is 3.00 bits per heavy atom. The number of hydrogen-bond acceptors (Lipinski definition) is 3. The third kappa shape index (κ3) is 1.65. The van der Waals surface area contributed by atoms with Gasteiger partial charge in [0.1, 0.15) is 0 Å². The van der Waals surface area contributed by atoms with Crippen LogP contribution in [0.1, 0.15) is 12.5 Å². The first kappa shape index (κ1) is 7.94. The number of H-pyrrole nitrogens is 1. The molecule has 0 saturated carbocycles. The Bertz CT molecular complexity index is 230. The minimum absolute atomic E-state index is 0.174. The molecular formula is C7H11N3O. The molecule has 1 rings (SSSR count). The second kappa shape index (κ2) is 3.30. The van der Waals surface area contributed by atoms with E-state index in [0.717, 1.165) is 5.56 Å². The van der Waals surface area contributed by atoms with Crippen LogP contribution in [0.3, 0.4) is 0 Å². The highest BCUT2D eigenvalue weighted by atomic mass is 16.5. The lowest BCUT2D eigenvalue weighted by Crippen LogP contribution is -2.18. The summed E-state index contributed by atoms with van der Waals surface area (Å²) >= 11 is 0. The van der Waals surface area contributed by atoms with Crippen LogP contribution in [-0.2, 0) is 4.74 Å². The minimum atomic E-state index is -0.174. The molecule has 0 radical (unpaired) electrons. The summed E-state index contributed by atoms with van der Waals surface area (Å²) in [7, 11) is 1.58. The van der Waals surface area contributed by atoms with Crippen LogP contribution in [0.25, 0.3) is 0 Å². The first-order valence-corrected chi connectivity index (χ1v) is 3.36. The van der Waals surface area contributed by atoms with Crippen LogP contribution in [-0.4, -0.2) is 29.1 Å². The highest BCUT2D eigenvalue weighted by molar-refractivity contribution is 6.00. The number of methoxy groups -OCH3 is 1. The van der Waals surface area contributed by atoms with E-state index in [0.29, 0.717) is 5.71 Å². The van der Waals surface area contributed by atoms with Gasteiger partial charge in [-0.25, -0.2) is 0 Å². The third-order valence-corrected chi connectivity index (χ3v) is 1.57. The Balaban J connectivity index is 2.70. The van der Waals surface area contributed by atoms with E-state index in [1.165, 1.54) is 0 Å². The quantitative estimate of drug-likeness (QED) is 0.631. The lowest BCUT2D eigenvalue weighted by Gasteiger charge is -2.08. The molecule has 1 aromatic heterocycles. The topological polar surface area (TPSA) is 61.8 Å². The summed E-state index contributed by atoms with van der Waals surface area (Å²) in [5.74, 6) is 0. The maximum absolute atomic E-state index is 7.57. The Morgan fingerprint density at radius 1 is 1.82 bits per heavy atom. The van der Waals surface area contributed by atoms with Gasteiger partial charge >= 0.3 is 0 Å². The fraction of sp³-hybridized carbons (Fsp3) is 0.429. The van der Waals surface area contributed by atoms with Gasteiger partial charge in [0.05, 0.1) is 18.0 Å². The number of aromatic nitrogens is 2. The summed E-state index contributed by atoms with van der Waals surface area (Å²) in [6.07, 6.45) is 3.11. The monoisotopic (exact) mass is 153 g/mol. The van der Waals surface area contributed by atoms with Crippen LogP contribution in [0.5, 0.6) is 0 Å². The fourth-order valence-electron chi connectivity index (χ4n) is 0.751. The molecule has 0 amide bonds. The molecule has 0 spiro atoms. The summed E-state index contributed by atoms with van der Waals surface area (Å²) in [5.41, 5.74) is 1.22. The summed E-state index contributed by atoms with van der Waals surface area (Å²) in [6.45, 7) is 1.83. The van der Waals surface area contributed by atoms with Crippen molar-refractivity contribution in [3.8, 4) is 0 Å². The first-order chi connectivity index (χ1) is 5.25. The number of nitrogens with zero attached hydrogens (tertiary/aromatic N) is 1. The molecule has 0 aliphatic carbocycles. The molecule has 4 nitrogen and oxygen atoms in total. The normalized spacial score (nSPS) is 12.9. The summed E-state index contributed by atoms with van der Waals surface area (Å²) < 4.78 is 4.97. The van der Waals surface area contributed by atoms with Gasteiger partial charge in [-0.05, 0) is 6.92 Å². The second-order valence-electron chi connectivity index (χ2n) is 2.28. The van der Waals surface area contributed by atoms with Crippen LogP contribution in [0.15, 0.2) is 12.4 Å². The number of rotatable bonds is 3. The van der Waals surface area contributed by atoms with Crippen LogP contribution in [0.2, 0.25) is 0 Å². The predicted octanol–water partition coefficient (Wildman–Crippen LogP) is 0.812. The molecule has 0 saturated heterocycles. The highest BCUT2D eigenvalue weighted by Crippen LogP contribution is 2.01. The van der Waals surface area contributed by atoms with E-state index in [2.05, 4.69) is 10.2 Å². The lowest BCUT2D eigenvalue weighted by atomic mass is 10.1. The van der Waals surface area contributed by atoms with E-state index in [1.54, 1.807) is 19.5 Å². The zero-order valence-corrected chi connectivity index (χ0v) is 6.59. The average Bonchev–Trinajstić information content (AvgIpc) is 2.53. The van der Waals surface area contributed by atoms with Crippen LogP contribution >= 0.6 is 0 Å². The molecule has 4 heteroatoms. The van der Waals surface area contributed by atoms with Gasteiger partial charge in [0, 0.05) is 18.9 Å². The lowest BCUT2D eigenvalue weighted by molar-refractivity contribution is 0.170. The summed E-state index contributed by atoms with van der Waals surface area (Å²) in [6, 6.07) is 0. The highest BCUT2D eigenvalue weighted by Gasteiger charge is 2.09. The van der Waals surface area contributed by atoms with Crippen molar-refractivity contribution in [2.45, 2.75) is 13.0 Å². The van der Waals surface area contributed by atoms with Crippen molar-refractivity contribution in [3.63, 3.8) is 0 Å². The van der Waals surface area contributed by atoms with Crippen LogP contribution in [0, 0.1) is 5.41 Å². The number of aromatic amines is 1. The Morgan fingerprint density at radius 2 is 2.55 bits per heavy atom. The molecule has 2 N–H and O–H groups in total. The van der Waals surface area contributed by atoms with Crippen molar-refractivity contribution in [1.29, 1.82) is 5.41 Å². The molecular weight excluding hydrogens is 142 g/mol. The molecule has 11 heavy (non-hydrogen) atoms. The standard InChI is InChI=1S/C7H11N3O/c1-5(11-2)7(8)6-3-9-10-4-6/h3-5,8H,1-2H3,(H,9,10). The largest absolute Gasteiger partial charge is 0.375 e. The van der Waals surface area contributed by atoms with Gasteiger partial charge in [0.25, 0.3) is 0 Å². The molecule has 0 aliphatic rings. The van der Waals surface area contributed by atoms with E-state index in [-0.39, 0.29) is 6.10 Å².